The first-order valence-electron chi connectivity index (χ1n) is 5.42. The molecule has 0 aliphatic heterocycles. The zero-order chi connectivity index (χ0) is 12.1. The highest BCUT2D eigenvalue weighted by Gasteiger charge is 2.26. The van der Waals surface area contributed by atoms with E-state index in [1.165, 1.54) is 0 Å². The first-order valence-corrected chi connectivity index (χ1v) is 5.42. The number of hydrogen-bond acceptors (Lipinski definition) is 1. The molecule has 0 aromatic carbocycles. The van der Waals surface area contributed by atoms with Crippen molar-refractivity contribution in [2.45, 2.75) is 46.7 Å². The second-order valence-corrected chi connectivity index (χ2v) is 5.04. The van der Waals surface area contributed by atoms with Gasteiger partial charge in [0.25, 0.3) is 0 Å². The van der Waals surface area contributed by atoms with Crippen molar-refractivity contribution in [2.75, 3.05) is 13.1 Å². The lowest BCUT2D eigenvalue weighted by Gasteiger charge is -2.29. The summed E-state index contributed by atoms with van der Waals surface area (Å²) in [4.78, 5) is 0. The maximum absolute atomic E-state index is 11.8. The molecule has 0 unspecified atom stereocenters. The lowest BCUT2D eigenvalue weighted by atomic mass is 9.81. The summed E-state index contributed by atoms with van der Waals surface area (Å²) in [5, 5.41) is 3.08. The molecule has 0 fully saturated rings. The van der Waals surface area contributed by atoms with E-state index in [0.29, 0.717) is 12.5 Å². The van der Waals surface area contributed by atoms with Crippen LogP contribution in [0.4, 0.5) is 13.2 Å². The van der Waals surface area contributed by atoms with Crippen LogP contribution in [0.15, 0.2) is 0 Å². The van der Waals surface area contributed by atoms with Crippen LogP contribution in [0.5, 0.6) is 0 Å². The molecule has 0 amide bonds. The second kappa shape index (κ2) is 5.73. The van der Waals surface area contributed by atoms with E-state index in [0.717, 1.165) is 6.54 Å². The standard InChI is InChI=1S/C11H22F3N/c1-9(2)10(3,4)8-15-7-5-6-11(12,13)14/h9,15H,5-8H2,1-4H3. The fourth-order valence-corrected chi connectivity index (χ4v) is 1.03. The molecule has 0 atom stereocenters. The Balaban J connectivity index is 3.55. The first-order chi connectivity index (χ1) is 6.65. The van der Waals surface area contributed by atoms with Gasteiger partial charge in [0.15, 0.2) is 0 Å². The Hall–Kier alpha value is -0.250. The molecule has 0 aliphatic carbocycles. The molecule has 0 spiro atoms. The summed E-state index contributed by atoms with van der Waals surface area (Å²) < 4.78 is 35.5. The summed E-state index contributed by atoms with van der Waals surface area (Å²) in [6.45, 7) is 9.69. The lowest BCUT2D eigenvalue weighted by Crippen LogP contribution is -2.34. The molecule has 1 N–H and O–H groups in total. The van der Waals surface area contributed by atoms with Gasteiger partial charge in [-0.2, -0.15) is 13.2 Å². The fourth-order valence-electron chi connectivity index (χ4n) is 1.03. The van der Waals surface area contributed by atoms with Gasteiger partial charge in [-0.15, -0.1) is 0 Å². The van der Waals surface area contributed by atoms with Gasteiger partial charge in [-0.25, -0.2) is 0 Å². The Morgan fingerprint density at radius 1 is 1.13 bits per heavy atom. The summed E-state index contributed by atoms with van der Waals surface area (Å²) in [5.74, 6) is 0.521. The summed E-state index contributed by atoms with van der Waals surface area (Å²) in [6, 6.07) is 0. The summed E-state index contributed by atoms with van der Waals surface area (Å²) in [6.07, 6.45) is -4.55. The van der Waals surface area contributed by atoms with Gasteiger partial charge in [-0.3, -0.25) is 0 Å². The minimum atomic E-state index is -4.02. The maximum atomic E-state index is 11.8. The number of rotatable bonds is 6. The van der Waals surface area contributed by atoms with Crippen molar-refractivity contribution in [3.63, 3.8) is 0 Å². The molecule has 0 saturated heterocycles. The molecule has 0 heterocycles. The molecule has 0 aromatic rings. The highest BCUT2D eigenvalue weighted by atomic mass is 19.4. The molecule has 92 valence electrons. The van der Waals surface area contributed by atoms with Crippen LogP contribution < -0.4 is 5.32 Å². The lowest BCUT2D eigenvalue weighted by molar-refractivity contribution is -0.135. The van der Waals surface area contributed by atoms with Gasteiger partial charge in [0.2, 0.25) is 0 Å². The molecule has 0 aliphatic rings. The van der Waals surface area contributed by atoms with E-state index < -0.39 is 12.6 Å². The summed E-state index contributed by atoms with van der Waals surface area (Å²) >= 11 is 0. The third kappa shape index (κ3) is 7.65. The van der Waals surface area contributed by atoms with Gasteiger partial charge < -0.3 is 5.32 Å². The van der Waals surface area contributed by atoms with Gasteiger partial charge in [0.1, 0.15) is 0 Å². The van der Waals surface area contributed by atoms with Crippen molar-refractivity contribution in [3.8, 4) is 0 Å². The highest BCUT2D eigenvalue weighted by molar-refractivity contribution is 4.74. The normalized spacial score (nSPS) is 13.6. The van der Waals surface area contributed by atoms with Crippen LogP contribution >= 0.6 is 0 Å². The van der Waals surface area contributed by atoms with E-state index in [2.05, 4.69) is 33.0 Å². The SMILES string of the molecule is CC(C)C(C)(C)CNCCCC(F)(F)F. The van der Waals surface area contributed by atoms with Crippen molar-refractivity contribution in [2.24, 2.45) is 11.3 Å². The Kier molecular flexibility index (Phi) is 5.63. The second-order valence-electron chi connectivity index (χ2n) is 5.04. The quantitative estimate of drug-likeness (QED) is 0.681. The van der Waals surface area contributed by atoms with Crippen LogP contribution in [0.1, 0.15) is 40.5 Å². The van der Waals surface area contributed by atoms with Crippen LogP contribution in [0.25, 0.3) is 0 Å². The van der Waals surface area contributed by atoms with E-state index in [-0.39, 0.29) is 11.8 Å². The van der Waals surface area contributed by atoms with Crippen LogP contribution in [0, 0.1) is 11.3 Å². The van der Waals surface area contributed by atoms with Crippen molar-refractivity contribution in [3.05, 3.63) is 0 Å². The Morgan fingerprint density at radius 3 is 2.07 bits per heavy atom. The largest absolute Gasteiger partial charge is 0.389 e. The molecular formula is C11H22F3N. The molecule has 0 saturated carbocycles. The van der Waals surface area contributed by atoms with Crippen LogP contribution in [-0.4, -0.2) is 19.3 Å². The third-order valence-electron chi connectivity index (χ3n) is 2.96. The van der Waals surface area contributed by atoms with Gasteiger partial charge >= 0.3 is 6.18 Å². The van der Waals surface area contributed by atoms with Gasteiger partial charge in [-0.1, -0.05) is 27.7 Å². The van der Waals surface area contributed by atoms with Gasteiger partial charge in [0, 0.05) is 13.0 Å². The van der Waals surface area contributed by atoms with Crippen molar-refractivity contribution < 1.29 is 13.2 Å². The molecule has 0 rings (SSSR count). The molecule has 1 nitrogen and oxygen atoms in total. The third-order valence-corrected chi connectivity index (χ3v) is 2.96. The predicted octanol–water partition coefficient (Wildman–Crippen LogP) is 3.60. The number of hydrogen-bond donors (Lipinski definition) is 1. The Morgan fingerprint density at radius 2 is 1.67 bits per heavy atom. The molecule has 0 aromatic heterocycles. The van der Waals surface area contributed by atoms with Crippen molar-refractivity contribution in [1.29, 1.82) is 0 Å². The van der Waals surface area contributed by atoms with E-state index in [9.17, 15) is 13.2 Å². The highest BCUT2D eigenvalue weighted by Crippen LogP contribution is 2.25. The Bertz CT molecular complexity index is 173. The first kappa shape index (κ1) is 14.8. The topological polar surface area (TPSA) is 12.0 Å². The van der Waals surface area contributed by atoms with Gasteiger partial charge in [-0.05, 0) is 24.3 Å². The van der Waals surface area contributed by atoms with Gasteiger partial charge in [0.05, 0.1) is 0 Å². The molecule has 0 radical (unpaired) electrons. The maximum Gasteiger partial charge on any atom is 0.389 e. The average Bonchev–Trinajstić information content (AvgIpc) is 2.00. The number of alkyl halides is 3. The monoisotopic (exact) mass is 225 g/mol. The zero-order valence-electron chi connectivity index (χ0n) is 10.0. The molecule has 15 heavy (non-hydrogen) atoms. The van der Waals surface area contributed by atoms with Crippen molar-refractivity contribution >= 4 is 0 Å². The minimum absolute atomic E-state index is 0.137. The zero-order valence-corrected chi connectivity index (χ0v) is 10.0. The Labute approximate surface area is 90.4 Å². The smallest absolute Gasteiger partial charge is 0.316 e. The number of halogens is 3. The van der Waals surface area contributed by atoms with E-state index in [1.807, 2.05) is 0 Å². The van der Waals surface area contributed by atoms with E-state index in [4.69, 9.17) is 0 Å². The predicted molar refractivity (Wildman–Crippen MR) is 56.8 cm³/mol. The summed E-state index contributed by atoms with van der Waals surface area (Å²) in [5.41, 5.74) is 0.137. The van der Waals surface area contributed by atoms with E-state index in [1.54, 1.807) is 0 Å². The minimum Gasteiger partial charge on any atom is -0.316 e. The molecule has 4 heteroatoms. The van der Waals surface area contributed by atoms with Crippen molar-refractivity contribution in [1.82, 2.24) is 5.32 Å². The number of nitrogens with one attached hydrogen (secondary N) is 1. The van der Waals surface area contributed by atoms with Crippen LogP contribution in [0.2, 0.25) is 0 Å². The molecule has 0 bridgehead atoms. The van der Waals surface area contributed by atoms with E-state index >= 15 is 0 Å². The molecular weight excluding hydrogens is 203 g/mol. The summed E-state index contributed by atoms with van der Waals surface area (Å²) in [7, 11) is 0. The average molecular weight is 225 g/mol. The van der Waals surface area contributed by atoms with Crippen LogP contribution in [0.3, 0.4) is 0 Å². The fraction of sp³-hybridized carbons (Fsp3) is 1.00. The van der Waals surface area contributed by atoms with Crippen LogP contribution in [-0.2, 0) is 0 Å².